The van der Waals surface area contributed by atoms with E-state index < -0.39 is 11.7 Å². The van der Waals surface area contributed by atoms with Gasteiger partial charge in [0, 0.05) is 18.3 Å². The fraction of sp³-hybridized carbons (Fsp3) is 0.211. The first kappa shape index (κ1) is 19.8. The Bertz CT molecular complexity index is 1050. The summed E-state index contributed by atoms with van der Waals surface area (Å²) in [6.45, 7) is 1.32. The number of para-hydroxylation sites is 1. The highest BCUT2D eigenvalue weighted by molar-refractivity contribution is 7.22. The zero-order valence-corrected chi connectivity index (χ0v) is 15.8. The van der Waals surface area contributed by atoms with Crippen LogP contribution in [0.4, 0.5) is 24.0 Å². The van der Waals surface area contributed by atoms with Crippen LogP contribution in [0, 0.1) is 0 Å². The Kier molecular flexibility index (Phi) is 5.37. The molecule has 0 fully saturated rings. The number of rotatable bonds is 5. The van der Waals surface area contributed by atoms with Crippen LogP contribution in [0.1, 0.15) is 22.8 Å². The lowest BCUT2D eigenvalue weighted by atomic mass is 10.1. The number of benzene rings is 2. The predicted octanol–water partition coefficient (Wildman–Crippen LogP) is 4.59. The number of Topliss-reactive ketones (excluding diaryl/α,β-unsaturated/α-hetero) is 1. The lowest BCUT2D eigenvalue weighted by Crippen LogP contribution is -2.30. The Morgan fingerprint density at radius 3 is 2.57 bits per heavy atom. The van der Waals surface area contributed by atoms with Crippen molar-refractivity contribution in [3.05, 3.63) is 53.6 Å². The van der Waals surface area contributed by atoms with Gasteiger partial charge in [-0.15, -0.1) is 0 Å². The Morgan fingerprint density at radius 2 is 1.89 bits per heavy atom. The van der Waals surface area contributed by atoms with E-state index >= 15 is 0 Å². The Hall–Kier alpha value is -2.94. The fourth-order valence-corrected chi connectivity index (χ4v) is 3.58. The molecule has 146 valence electrons. The van der Waals surface area contributed by atoms with Crippen LogP contribution < -0.4 is 10.2 Å². The first-order valence-corrected chi connectivity index (χ1v) is 9.05. The van der Waals surface area contributed by atoms with Crippen molar-refractivity contribution in [3.63, 3.8) is 0 Å². The van der Waals surface area contributed by atoms with Crippen LogP contribution in [0.3, 0.4) is 0 Å². The number of hydrogen-bond acceptors (Lipinski definition) is 5. The minimum Gasteiger partial charge on any atom is -0.342 e. The normalized spacial score (nSPS) is 11.5. The van der Waals surface area contributed by atoms with Crippen molar-refractivity contribution < 1.29 is 22.8 Å². The van der Waals surface area contributed by atoms with Crippen molar-refractivity contribution in [2.45, 2.75) is 13.1 Å². The van der Waals surface area contributed by atoms with Gasteiger partial charge in [-0.1, -0.05) is 29.5 Å². The van der Waals surface area contributed by atoms with E-state index in [9.17, 15) is 22.8 Å². The van der Waals surface area contributed by atoms with Crippen molar-refractivity contribution in [3.8, 4) is 0 Å². The number of aromatic nitrogens is 1. The number of fused-ring (bicyclic) bond motifs is 1. The second-order valence-corrected chi connectivity index (χ2v) is 7.20. The largest absolute Gasteiger partial charge is 0.418 e. The molecule has 0 radical (unpaired) electrons. The minimum atomic E-state index is -4.50. The maximum absolute atomic E-state index is 13.1. The lowest BCUT2D eigenvalue weighted by Gasteiger charge is -2.15. The molecule has 5 nitrogen and oxygen atoms in total. The van der Waals surface area contributed by atoms with Gasteiger partial charge in [-0.2, -0.15) is 13.2 Å². The summed E-state index contributed by atoms with van der Waals surface area (Å²) in [7, 11) is 1.58. The molecular formula is C19H16F3N3O2S. The number of thiazole rings is 1. The number of nitrogens with zero attached hydrogens (tertiary/aromatic N) is 2. The summed E-state index contributed by atoms with van der Waals surface area (Å²) in [4.78, 5) is 29.3. The van der Waals surface area contributed by atoms with Crippen LogP contribution in [0.15, 0.2) is 42.5 Å². The first-order valence-electron chi connectivity index (χ1n) is 8.24. The second kappa shape index (κ2) is 7.59. The summed E-state index contributed by atoms with van der Waals surface area (Å²) >= 11 is 1.08. The molecule has 0 aliphatic heterocycles. The van der Waals surface area contributed by atoms with Gasteiger partial charge in [-0.25, -0.2) is 4.98 Å². The maximum atomic E-state index is 13.1. The number of hydrogen-bond donors (Lipinski definition) is 1. The molecule has 28 heavy (non-hydrogen) atoms. The minimum absolute atomic E-state index is 0.106. The van der Waals surface area contributed by atoms with Crippen LogP contribution in [0.2, 0.25) is 0 Å². The van der Waals surface area contributed by atoms with Crippen LogP contribution in [0.5, 0.6) is 0 Å². The number of halogens is 3. The summed E-state index contributed by atoms with van der Waals surface area (Å²) < 4.78 is 39.8. The Labute approximate surface area is 162 Å². The topological polar surface area (TPSA) is 62.3 Å². The van der Waals surface area contributed by atoms with Crippen LogP contribution in [-0.4, -0.2) is 30.3 Å². The highest BCUT2D eigenvalue weighted by Crippen LogP contribution is 2.38. The fourth-order valence-electron chi connectivity index (χ4n) is 2.63. The van der Waals surface area contributed by atoms with Gasteiger partial charge >= 0.3 is 6.18 Å². The molecule has 3 rings (SSSR count). The van der Waals surface area contributed by atoms with Gasteiger partial charge in [-0.05, 0) is 31.2 Å². The van der Waals surface area contributed by atoms with Gasteiger partial charge < -0.3 is 10.2 Å². The average Bonchev–Trinajstić information content (AvgIpc) is 3.05. The smallest absolute Gasteiger partial charge is 0.342 e. The number of amides is 1. The zero-order valence-electron chi connectivity index (χ0n) is 15.0. The third-order valence-electron chi connectivity index (χ3n) is 3.97. The van der Waals surface area contributed by atoms with Gasteiger partial charge in [0.1, 0.15) is 0 Å². The molecule has 0 aliphatic carbocycles. The summed E-state index contributed by atoms with van der Waals surface area (Å²) in [6, 6.07) is 10.4. The van der Waals surface area contributed by atoms with Crippen LogP contribution >= 0.6 is 11.3 Å². The number of carbonyl (C=O) groups excluding carboxylic acids is 2. The molecule has 1 heterocycles. The van der Waals surface area contributed by atoms with E-state index in [2.05, 4.69) is 10.3 Å². The molecule has 2 aromatic carbocycles. The number of carbonyl (C=O) groups is 2. The molecule has 1 amide bonds. The summed E-state index contributed by atoms with van der Waals surface area (Å²) in [6.07, 6.45) is -4.50. The van der Waals surface area contributed by atoms with E-state index in [0.29, 0.717) is 21.1 Å². The predicted molar refractivity (Wildman–Crippen MR) is 103 cm³/mol. The quantitative estimate of drug-likeness (QED) is 0.629. The average molecular weight is 407 g/mol. The lowest BCUT2D eigenvalue weighted by molar-refractivity contribution is -0.136. The SMILES string of the molecule is CC(=O)c1cccc(NC(=O)CN(C)c2nc3c(C(F)(F)F)cccc3s2)c1. The van der Waals surface area contributed by atoms with E-state index in [1.807, 2.05) is 0 Å². The van der Waals surface area contributed by atoms with Gasteiger partial charge in [0.2, 0.25) is 5.91 Å². The molecule has 9 heteroatoms. The van der Waals surface area contributed by atoms with Crippen molar-refractivity contribution >= 4 is 44.1 Å². The molecule has 0 atom stereocenters. The van der Waals surface area contributed by atoms with Crippen LogP contribution in [0.25, 0.3) is 10.2 Å². The van der Waals surface area contributed by atoms with E-state index in [1.165, 1.54) is 17.9 Å². The molecule has 0 spiro atoms. The number of anilines is 2. The van der Waals surface area contributed by atoms with Crippen LogP contribution in [-0.2, 0) is 11.0 Å². The number of ketones is 1. The molecule has 0 saturated heterocycles. The van der Waals surface area contributed by atoms with E-state index in [1.54, 1.807) is 37.4 Å². The maximum Gasteiger partial charge on any atom is 0.418 e. The summed E-state index contributed by atoms with van der Waals surface area (Å²) in [5, 5.41) is 2.98. The Morgan fingerprint density at radius 1 is 1.18 bits per heavy atom. The second-order valence-electron chi connectivity index (χ2n) is 6.19. The first-order chi connectivity index (χ1) is 13.1. The number of likely N-dealkylation sites (N-methyl/N-ethyl adjacent to an activating group) is 1. The van der Waals surface area contributed by atoms with Gasteiger partial charge in [-0.3, -0.25) is 9.59 Å². The molecule has 1 aromatic heterocycles. The van der Waals surface area contributed by atoms with Gasteiger partial charge in [0.15, 0.2) is 10.9 Å². The summed E-state index contributed by atoms with van der Waals surface area (Å²) in [5.41, 5.74) is 0.00887. The van der Waals surface area contributed by atoms with Crippen molar-refractivity contribution in [1.82, 2.24) is 4.98 Å². The highest BCUT2D eigenvalue weighted by Gasteiger charge is 2.34. The molecular weight excluding hydrogens is 391 g/mol. The molecule has 0 saturated carbocycles. The summed E-state index contributed by atoms with van der Waals surface area (Å²) in [5.74, 6) is -0.498. The van der Waals surface area contributed by atoms with Crippen molar-refractivity contribution in [1.29, 1.82) is 0 Å². The molecule has 3 aromatic rings. The van der Waals surface area contributed by atoms with Crippen molar-refractivity contribution in [2.24, 2.45) is 0 Å². The third kappa shape index (κ3) is 4.30. The number of alkyl halides is 3. The number of nitrogens with one attached hydrogen (secondary N) is 1. The zero-order chi connectivity index (χ0) is 20.5. The van der Waals surface area contributed by atoms with E-state index in [4.69, 9.17) is 0 Å². The monoisotopic (exact) mass is 407 g/mol. The molecule has 0 bridgehead atoms. The highest BCUT2D eigenvalue weighted by atomic mass is 32.1. The molecule has 1 N–H and O–H groups in total. The Balaban J connectivity index is 1.76. The van der Waals surface area contributed by atoms with Crippen molar-refractivity contribution in [2.75, 3.05) is 23.8 Å². The standard InChI is InChI=1S/C19H16F3N3O2S/c1-11(26)12-5-3-6-13(9-12)23-16(27)10-25(2)18-24-17-14(19(20,21)22)7-4-8-15(17)28-18/h3-9H,10H2,1-2H3,(H,23,27). The third-order valence-corrected chi connectivity index (χ3v) is 5.11. The van der Waals surface area contributed by atoms with E-state index in [-0.39, 0.29) is 23.8 Å². The van der Waals surface area contributed by atoms with Gasteiger partial charge in [0.25, 0.3) is 0 Å². The molecule has 0 aliphatic rings. The molecule has 0 unspecified atom stereocenters. The van der Waals surface area contributed by atoms with E-state index in [0.717, 1.165) is 17.4 Å². The van der Waals surface area contributed by atoms with Gasteiger partial charge in [0.05, 0.1) is 22.3 Å².